The Morgan fingerprint density at radius 1 is 1.30 bits per heavy atom. The van der Waals surface area contributed by atoms with Gasteiger partial charge in [-0.2, -0.15) is 0 Å². The van der Waals surface area contributed by atoms with E-state index < -0.39 is 0 Å². The normalized spacial score (nSPS) is 16.7. The molecule has 1 amide bonds. The summed E-state index contributed by atoms with van der Waals surface area (Å²) in [6.45, 7) is 2.05. The van der Waals surface area contributed by atoms with Crippen LogP contribution in [0.3, 0.4) is 0 Å². The number of benzene rings is 1. The van der Waals surface area contributed by atoms with Gasteiger partial charge in [0.2, 0.25) is 0 Å². The van der Waals surface area contributed by atoms with Gasteiger partial charge in [0, 0.05) is 34.4 Å². The number of aliphatic hydroxyl groups is 1. The number of amides is 1. The molecule has 2 aromatic rings. The molecule has 3 rings (SSSR count). The zero-order valence-electron chi connectivity index (χ0n) is 12.9. The van der Waals surface area contributed by atoms with Gasteiger partial charge in [-0.05, 0) is 43.5 Å². The Hall–Kier alpha value is -1.91. The Kier molecular flexibility index (Phi) is 4.37. The van der Waals surface area contributed by atoms with Crippen molar-refractivity contribution in [2.24, 2.45) is 5.41 Å². The summed E-state index contributed by atoms with van der Waals surface area (Å²) < 4.78 is 0. The van der Waals surface area contributed by atoms with Crippen molar-refractivity contribution in [3.63, 3.8) is 0 Å². The van der Waals surface area contributed by atoms with Gasteiger partial charge in [0.05, 0.1) is 12.2 Å². The molecule has 1 aliphatic carbocycles. The molecule has 1 aromatic carbocycles. The summed E-state index contributed by atoms with van der Waals surface area (Å²) >= 11 is 5.90. The van der Waals surface area contributed by atoms with Crippen molar-refractivity contribution in [2.45, 2.75) is 25.8 Å². The van der Waals surface area contributed by atoms with Crippen LogP contribution in [-0.2, 0) is 0 Å². The van der Waals surface area contributed by atoms with E-state index in [1.165, 1.54) is 0 Å². The standard InChI is InChI=1S/C18H19ClN2O2/c1-12(18(11-22)6-7-18)21-17(23)15-8-14(9-20-10-15)13-2-4-16(19)5-3-13/h2-5,8-10,12,22H,6-7,11H2,1H3,(H,21,23). The maximum Gasteiger partial charge on any atom is 0.253 e. The predicted octanol–water partition coefficient (Wildman–Crippen LogP) is 3.29. The smallest absolute Gasteiger partial charge is 0.253 e. The van der Waals surface area contributed by atoms with Gasteiger partial charge in [-0.1, -0.05) is 23.7 Å². The molecule has 5 heteroatoms. The average molecular weight is 331 g/mol. The molecule has 1 aromatic heterocycles. The minimum absolute atomic E-state index is 0.0563. The highest BCUT2D eigenvalue weighted by atomic mass is 35.5. The first-order chi connectivity index (χ1) is 11.0. The van der Waals surface area contributed by atoms with Crippen molar-refractivity contribution in [1.82, 2.24) is 10.3 Å². The number of aromatic nitrogens is 1. The lowest BCUT2D eigenvalue weighted by Gasteiger charge is -2.22. The second kappa shape index (κ2) is 6.30. The number of hydrogen-bond donors (Lipinski definition) is 2. The molecule has 120 valence electrons. The quantitative estimate of drug-likeness (QED) is 0.884. The Morgan fingerprint density at radius 3 is 2.61 bits per heavy atom. The average Bonchev–Trinajstić information content (AvgIpc) is 3.37. The van der Waals surface area contributed by atoms with Crippen molar-refractivity contribution in [3.05, 3.63) is 53.3 Å². The fourth-order valence-corrected chi connectivity index (χ4v) is 2.81. The van der Waals surface area contributed by atoms with Crippen LogP contribution < -0.4 is 5.32 Å². The summed E-state index contributed by atoms with van der Waals surface area (Å²) in [6, 6.07) is 9.17. The number of halogens is 1. The number of hydrogen-bond acceptors (Lipinski definition) is 3. The van der Waals surface area contributed by atoms with Gasteiger partial charge in [-0.15, -0.1) is 0 Å². The summed E-state index contributed by atoms with van der Waals surface area (Å²) in [5, 5.41) is 13.1. The van der Waals surface area contributed by atoms with Crippen molar-refractivity contribution in [1.29, 1.82) is 0 Å². The Morgan fingerprint density at radius 2 is 2.00 bits per heavy atom. The largest absolute Gasteiger partial charge is 0.396 e. The number of pyridine rings is 1. The van der Waals surface area contributed by atoms with E-state index >= 15 is 0 Å². The lowest BCUT2D eigenvalue weighted by molar-refractivity contribution is 0.0899. The summed E-state index contributed by atoms with van der Waals surface area (Å²) in [7, 11) is 0. The lowest BCUT2D eigenvalue weighted by Crippen LogP contribution is -2.40. The first-order valence-corrected chi connectivity index (χ1v) is 8.05. The molecule has 0 radical (unpaired) electrons. The fourth-order valence-electron chi connectivity index (χ4n) is 2.69. The summed E-state index contributed by atoms with van der Waals surface area (Å²) in [4.78, 5) is 16.6. The molecule has 1 saturated carbocycles. The molecular weight excluding hydrogens is 312 g/mol. The van der Waals surface area contributed by atoms with Gasteiger partial charge >= 0.3 is 0 Å². The van der Waals surface area contributed by atoms with Gasteiger partial charge < -0.3 is 10.4 Å². The molecular formula is C18H19ClN2O2. The van der Waals surface area contributed by atoms with Gasteiger partial charge in [-0.25, -0.2) is 0 Å². The fraction of sp³-hybridized carbons (Fsp3) is 0.333. The minimum Gasteiger partial charge on any atom is -0.396 e. The SMILES string of the molecule is CC(NC(=O)c1cncc(-c2ccc(Cl)cc2)c1)C1(CO)CC1. The highest BCUT2D eigenvalue weighted by Crippen LogP contribution is 2.48. The second-order valence-electron chi connectivity index (χ2n) is 6.18. The van der Waals surface area contributed by atoms with E-state index in [0.717, 1.165) is 24.0 Å². The van der Waals surface area contributed by atoms with Gasteiger partial charge in [0.25, 0.3) is 5.91 Å². The van der Waals surface area contributed by atoms with E-state index in [4.69, 9.17) is 11.6 Å². The molecule has 23 heavy (non-hydrogen) atoms. The molecule has 0 spiro atoms. The van der Waals surface area contributed by atoms with Crippen LogP contribution in [0.5, 0.6) is 0 Å². The Labute approximate surface area is 140 Å². The maximum atomic E-state index is 12.4. The van der Waals surface area contributed by atoms with Gasteiger partial charge in [0.1, 0.15) is 0 Å². The number of rotatable bonds is 5. The van der Waals surface area contributed by atoms with Crippen molar-refractivity contribution in [2.75, 3.05) is 6.61 Å². The molecule has 2 N–H and O–H groups in total. The van der Waals surface area contributed by atoms with Crippen LogP contribution in [0.4, 0.5) is 0 Å². The third kappa shape index (κ3) is 3.38. The first kappa shape index (κ1) is 16.0. The Bertz CT molecular complexity index is 711. The van der Waals surface area contributed by atoms with Crippen LogP contribution in [0.25, 0.3) is 11.1 Å². The molecule has 1 fully saturated rings. The minimum atomic E-state index is -0.166. The highest BCUT2D eigenvalue weighted by molar-refractivity contribution is 6.30. The van der Waals surface area contributed by atoms with Crippen LogP contribution in [0, 0.1) is 5.41 Å². The third-order valence-electron chi connectivity index (χ3n) is 4.65. The van der Waals surface area contributed by atoms with E-state index in [0.29, 0.717) is 10.6 Å². The van der Waals surface area contributed by atoms with Crippen molar-refractivity contribution in [3.8, 4) is 11.1 Å². The number of nitrogens with one attached hydrogen (secondary N) is 1. The zero-order valence-corrected chi connectivity index (χ0v) is 13.7. The van der Waals surface area contributed by atoms with Crippen LogP contribution >= 0.6 is 11.6 Å². The number of carbonyl (C=O) groups is 1. The van der Waals surface area contributed by atoms with Crippen molar-refractivity contribution >= 4 is 17.5 Å². The molecule has 1 aliphatic rings. The van der Waals surface area contributed by atoms with Crippen LogP contribution in [-0.4, -0.2) is 28.6 Å². The molecule has 0 bridgehead atoms. The summed E-state index contributed by atoms with van der Waals surface area (Å²) in [6.07, 6.45) is 5.18. The molecule has 1 unspecified atom stereocenters. The number of aliphatic hydroxyl groups excluding tert-OH is 1. The van der Waals surface area contributed by atoms with E-state index in [1.54, 1.807) is 12.4 Å². The monoisotopic (exact) mass is 330 g/mol. The maximum absolute atomic E-state index is 12.4. The third-order valence-corrected chi connectivity index (χ3v) is 4.90. The van der Waals surface area contributed by atoms with Gasteiger partial charge in [-0.3, -0.25) is 9.78 Å². The summed E-state index contributed by atoms with van der Waals surface area (Å²) in [5.41, 5.74) is 2.19. The predicted molar refractivity (Wildman–Crippen MR) is 90.4 cm³/mol. The van der Waals surface area contributed by atoms with E-state index in [9.17, 15) is 9.90 Å². The van der Waals surface area contributed by atoms with Crippen LogP contribution in [0.15, 0.2) is 42.7 Å². The zero-order chi connectivity index (χ0) is 16.4. The topological polar surface area (TPSA) is 62.2 Å². The second-order valence-corrected chi connectivity index (χ2v) is 6.62. The van der Waals surface area contributed by atoms with Crippen LogP contribution in [0.1, 0.15) is 30.1 Å². The first-order valence-electron chi connectivity index (χ1n) is 7.67. The van der Waals surface area contributed by atoms with E-state index in [1.807, 2.05) is 37.3 Å². The van der Waals surface area contributed by atoms with Crippen LogP contribution in [0.2, 0.25) is 5.02 Å². The highest BCUT2D eigenvalue weighted by Gasteiger charge is 2.47. The Balaban J connectivity index is 1.76. The number of carbonyl (C=O) groups excluding carboxylic acids is 1. The van der Waals surface area contributed by atoms with Gasteiger partial charge in [0.15, 0.2) is 0 Å². The van der Waals surface area contributed by atoms with Crippen molar-refractivity contribution < 1.29 is 9.90 Å². The molecule has 0 saturated heterocycles. The molecule has 4 nitrogen and oxygen atoms in total. The molecule has 1 heterocycles. The molecule has 1 atom stereocenters. The number of nitrogens with zero attached hydrogens (tertiary/aromatic N) is 1. The lowest BCUT2D eigenvalue weighted by atomic mass is 9.98. The molecule has 0 aliphatic heterocycles. The van der Waals surface area contributed by atoms with E-state index in [2.05, 4.69) is 10.3 Å². The van der Waals surface area contributed by atoms with E-state index in [-0.39, 0.29) is 24.0 Å². The summed E-state index contributed by atoms with van der Waals surface area (Å²) in [5.74, 6) is -0.166.